The van der Waals surface area contributed by atoms with E-state index in [0.717, 1.165) is 33.6 Å². The lowest BCUT2D eigenvalue weighted by atomic mass is 10.2. The van der Waals surface area contributed by atoms with E-state index >= 15 is 0 Å². The number of benzene rings is 1. The minimum atomic E-state index is -1.09. The summed E-state index contributed by atoms with van der Waals surface area (Å²) >= 11 is 1.29. The molecule has 0 saturated heterocycles. The van der Waals surface area contributed by atoms with E-state index in [1.165, 1.54) is 11.3 Å². The van der Waals surface area contributed by atoms with Gasteiger partial charge in [0.1, 0.15) is 11.6 Å². The molecule has 5 nitrogen and oxygen atoms in total. The van der Waals surface area contributed by atoms with Gasteiger partial charge in [-0.3, -0.25) is 0 Å². The summed E-state index contributed by atoms with van der Waals surface area (Å²) in [6.45, 7) is 8.16. The van der Waals surface area contributed by atoms with Crippen LogP contribution in [0.3, 0.4) is 0 Å². The Morgan fingerprint density at radius 1 is 1.35 bits per heavy atom. The molecule has 122 valence electrons. The van der Waals surface area contributed by atoms with Crippen LogP contribution in [0.5, 0.6) is 0 Å². The maximum absolute atomic E-state index is 11.1. The number of hydrogen-bond donors (Lipinski definition) is 1. The highest BCUT2D eigenvalue weighted by Crippen LogP contribution is 2.32. The Kier molecular flexibility index (Phi) is 4.26. The second-order valence-corrected chi connectivity index (χ2v) is 13.5. The third kappa shape index (κ3) is 3.46. The largest absolute Gasteiger partial charge is 0.477 e. The van der Waals surface area contributed by atoms with Gasteiger partial charge in [0.05, 0.1) is 11.7 Å². The Hall–Kier alpha value is -1.70. The van der Waals surface area contributed by atoms with Crippen molar-refractivity contribution in [1.29, 1.82) is 0 Å². The van der Waals surface area contributed by atoms with Gasteiger partial charge in [0.2, 0.25) is 0 Å². The molecule has 0 atom stereocenters. The van der Waals surface area contributed by atoms with Gasteiger partial charge >= 0.3 is 5.97 Å². The minimum absolute atomic E-state index is 0.353. The Labute approximate surface area is 139 Å². The molecule has 0 spiro atoms. The van der Waals surface area contributed by atoms with Gasteiger partial charge in [-0.25, -0.2) is 9.48 Å². The van der Waals surface area contributed by atoms with Crippen LogP contribution in [-0.4, -0.2) is 35.5 Å². The lowest BCUT2D eigenvalue weighted by molar-refractivity contribution is 0.0702. The summed E-state index contributed by atoms with van der Waals surface area (Å²) in [5.74, 6) is -0.888. The minimum Gasteiger partial charge on any atom is -0.477 e. The van der Waals surface area contributed by atoms with Gasteiger partial charge in [-0.2, -0.15) is 5.10 Å². The summed E-state index contributed by atoms with van der Waals surface area (Å²) in [5, 5.41) is 15.5. The molecular weight excluding hydrogens is 328 g/mol. The molecule has 3 rings (SSSR count). The van der Waals surface area contributed by atoms with Crippen molar-refractivity contribution in [2.45, 2.75) is 32.4 Å². The first-order valence-electron chi connectivity index (χ1n) is 7.54. The van der Waals surface area contributed by atoms with Gasteiger partial charge in [0.25, 0.3) is 0 Å². The number of rotatable bonds is 6. The third-order valence-corrected chi connectivity index (χ3v) is 6.54. The number of fused-ring (bicyclic) bond motifs is 3. The lowest BCUT2D eigenvalue weighted by Crippen LogP contribution is -2.22. The molecule has 0 aliphatic heterocycles. The molecule has 0 fully saturated rings. The van der Waals surface area contributed by atoms with E-state index in [9.17, 15) is 4.79 Å². The highest BCUT2D eigenvalue weighted by Gasteiger charge is 2.14. The fourth-order valence-electron chi connectivity index (χ4n) is 2.41. The molecule has 2 aromatic heterocycles. The molecular formula is C16H20N2O3SSi. The van der Waals surface area contributed by atoms with E-state index in [-0.39, 0.29) is 0 Å². The van der Waals surface area contributed by atoms with Gasteiger partial charge < -0.3 is 9.84 Å². The molecule has 7 heteroatoms. The van der Waals surface area contributed by atoms with Crippen molar-refractivity contribution in [3.8, 4) is 0 Å². The molecule has 23 heavy (non-hydrogen) atoms. The normalized spacial score (nSPS) is 12.3. The van der Waals surface area contributed by atoms with Crippen LogP contribution in [0, 0.1) is 0 Å². The summed E-state index contributed by atoms with van der Waals surface area (Å²) in [5.41, 5.74) is 0.972. The summed E-state index contributed by atoms with van der Waals surface area (Å²) < 4.78 is 8.56. The van der Waals surface area contributed by atoms with E-state index in [4.69, 9.17) is 9.84 Å². The second kappa shape index (κ2) is 6.07. The van der Waals surface area contributed by atoms with Gasteiger partial charge in [0.15, 0.2) is 0 Å². The van der Waals surface area contributed by atoms with E-state index in [2.05, 4.69) is 24.7 Å². The van der Waals surface area contributed by atoms with Crippen LogP contribution in [0.4, 0.5) is 0 Å². The number of ether oxygens (including phenoxy) is 1. The van der Waals surface area contributed by atoms with Crippen molar-refractivity contribution < 1.29 is 14.6 Å². The fraction of sp³-hybridized carbons (Fsp3) is 0.375. The van der Waals surface area contributed by atoms with Gasteiger partial charge in [0, 0.05) is 30.2 Å². The lowest BCUT2D eigenvalue weighted by Gasteiger charge is -2.15. The first-order chi connectivity index (χ1) is 10.8. The van der Waals surface area contributed by atoms with Gasteiger partial charge in [-0.1, -0.05) is 19.6 Å². The number of thiophene rings is 1. The quantitative estimate of drug-likeness (QED) is 0.534. The van der Waals surface area contributed by atoms with Crippen LogP contribution in [-0.2, 0) is 11.5 Å². The molecule has 0 saturated carbocycles. The summed E-state index contributed by atoms with van der Waals surface area (Å²) in [6, 6.07) is 6.79. The second-order valence-electron chi connectivity index (χ2n) is 6.82. The van der Waals surface area contributed by atoms with E-state index in [1.54, 1.807) is 12.3 Å². The molecule has 3 aromatic rings. The zero-order valence-corrected chi connectivity index (χ0v) is 15.3. The van der Waals surface area contributed by atoms with E-state index in [0.29, 0.717) is 11.6 Å². The van der Waals surface area contributed by atoms with Crippen molar-refractivity contribution in [2.75, 3.05) is 6.61 Å². The average molecular weight is 349 g/mol. The van der Waals surface area contributed by atoms with Gasteiger partial charge in [-0.15, -0.1) is 11.3 Å². The van der Waals surface area contributed by atoms with Crippen molar-refractivity contribution in [3.05, 3.63) is 29.3 Å². The topological polar surface area (TPSA) is 64.4 Å². The number of carboxylic acids is 1. The number of carboxylic acid groups (broad SMARTS) is 1. The van der Waals surface area contributed by atoms with Crippen molar-refractivity contribution in [2.24, 2.45) is 0 Å². The standard InChI is InChI=1S/C16H20N2O3SSi/c1-23(2,3)7-6-21-10-18-13-4-5-14-11(12(13)9-17-18)8-15(22-14)16(19)20/h4-5,8-9H,6-7,10H2,1-3H3,(H,19,20). The third-order valence-electron chi connectivity index (χ3n) is 3.74. The molecule has 0 bridgehead atoms. The fourth-order valence-corrected chi connectivity index (χ4v) is 4.08. The summed E-state index contributed by atoms with van der Waals surface area (Å²) in [7, 11) is -1.09. The zero-order chi connectivity index (χ0) is 16.6. The first kappa shape index (κ1) is 16.2. The highest BCUT2D eigenvalue weighted by molar-refractivity contribution is 7.20. The molecule has 0 aliphatic carbocycles. The summed E-state index contributed by atoms with van der Waals surface area (Å²) in [6.07, 6.45) is 1.79. The Bertz CT molecular complexity index is 863. The maximum atomic E-state index is 11.1. The van der Waals surface area contributed by atoms with Crippen LogP contribution >= 0.6 is 11.3 Å². The molecule has 0 amide bonds. The van der Waals surface area contributed by atoms with Crippen LogP contribution in [0.2, 0.25) is 25.7 Å². The predicted molar refractivity (Wildman–Crippen MR) is 96.2 cm³/mol. The predicted octanol–water partition coefficient (Wildman–Crippen LogP) is 4.26. The average Bonchev–Trinajstić information content (AvgIpc) is 3.06. The molecule has 2 heterocycles. The van der Waals surface area contributed by atoms with Crippen molar-refractivity contribution >= 4 is 46.4 Å². The maximum Gasteiger partial charge on any atom is 0.345 e. The first-order valence-corrected chi connectivity index (χ1v) is 12.1. The Morgan fingerprint density at radius 2 is 2.13 bits per heavy atom. The number of aromatic nitrogens is 2. The number of aromatic carboxylic acids is 1. The van der Waals surface area contributed by atoms with Crippen molar-refractivity contribution in [1.82, 2.24) is 9.78 Å². The Balaban J connectivity index is 1.83. The number of carbonyl (C=O) groups is 1. The van der Waals surface area contributed by atoms with Crippen LogP contribution in [0.25, 0.3) is 21.0 Å². The molecule has 0 aliphatic rings. The Morgan fingerprint density at radius 3 is 2.83 bits per heavy atom. The van der Waals surface area contributed by atoms with Gasteiger partial charge in [-0.05, 0) is 24.2 Å². The number of nitrogens with zero attached hydrogens (tertiary/aromatic N) is 2. The molecule has 0 radical (unpaired) electrons. The number of hydrogen-bond acceptors (Lipinski definition) is 4. The molecule has 1 N–H and O–H groups in total. The van der Waals surface area contributed by atoms with E-state index < -0.39 is 14.0 Å². The molecule has 1 aromatic carbocycles. The van der Waals surface area contributed by atoms with Crippen LogP contribution < -0.4 is 0 Å². The molecule has 0 unspecified atom stereocenters. The zero-order valence-electron chi connectivity index (χ0n) is 13.5. The highest BCUT2D eigenvalue weighted by atomic mass is 32.1. The van der Waals surface area contributed by atoms with Crippen LogP contribution in [0.1, 0.15) is 9.67 Å². The smallest absolute Gasteiger partial charge is 0.345 e. The van der Waals surface area contributed by atoms with Crippen LogP contribution in [0.15, 0.2) is 24.4 Å². The SMILES string of the molecule is C[Si](C)(C)CCOCn1ncc2c3cc(C(=O)O)sc3ccc21. The van der Waals surface area contributed by atoms with E-state index in [1.807, 2.05) is 16.8 Å². The monoisotopic (exact) mass is 348 g/mol. The van der Waals surface area contributed by atoms with Crippen molar-refractivity contribution in [3.63, 3.8) is 0 Å². The summed E-state index contributed by atoms with van der Waals surface area (Å²) in [4.78, 5) is 11.5.